The predicted octanol–water partition coefficient (Wildman–Crippen LogP) is 5.10. The van der Waals surface area contributed by atoms with Gasteiger partial charge in [-0.25, -0.2) is 9.78 Å². The zero-order chi connectivity index (χ0) is 28.8. The fourth-order valence-corrected chi connectivity index (χ4v) is 6.27. The highest BCUT2D eigenvalue weighted by molar-refractivity contribution is 6.31. The molecule has 10 nitrogen and oxygen atoms in total. The third kappa shape index (κ3) is 5.08. The van der Waals surface area contributed by atoms with Gasteiger partial charge in [-0.2, -0.15) is 5.10 Å². The van der Waals surface area contributed by atoms with Gasteiger partial charge in [0.05, 0.1) is 21.9 Å². The first-order valence-corrected chi connectivity index (χ1v) is 14.1. The molecule has 0 saturated carbocycles. The number of aromatic nitrogens is 5. The lowest BCUT2D eigenvalue weighted by molar-refractivity contribution is 0.194. The van der Waals surface area contributed by atoms with Gasteiger partial charge in [0.2, 0.25) is 0 Å². The van der Waals surface area contributed by atoms with E-state index in [2.05, 4.69) is 31.0 Å². The molecule has 4 aromatic heterocycles. The minimum Gasteiger partial charge on any atom is -0.481 e. The van der Waals surface area contributed by atoms with Crippen LogP contribution < -0.4 is 15.8 Å². The Morgan fingerprint density at radius 1 is 1.15 bits per heavy atom. The van der Waals surface area contributed by atoms with Gasteiger partial charge in [0.15, 0.2) is 11.6 Å². The highest BCUT2D eigenvalue weighted by Gasteiger charge is 2.47. The number of urea groups is 1. The summed E-state index contributed by atoms with van der Waals surface area (Å²) < 4.78 is 8.20. The van der Waals surface area contributed by atoms with Crippen molar-refractivity contribution in [3.05, 3.63) is 83.2 Å². The van der Waals surface area contributed by atoms with Gasteiger partial charge in [-0.05, 0) is 69.5 Å². The number of ether oxygens (including phenoxy) is 1. The number of halogens is 1. The first-order chi connectivity index (χ1) is 19.6. The van der Waals surface area contributed by atoms with Crippen molar-refractivity contribution in [2.24, 2.45) is 0 Å². The molecule has 0 aromatic carbocycles. The maximum atomic E-state index is 13.4. The van der Waals surface area contributed by atoms with E-state index in [-0.39, 0.29) is 17.6 Å². The quantitative estimate of drug-likeness (QED) is 0.329. The van der Waals surface area contributed by atoms with Crippen molar-refractivity contribution in [1.29, 1.82) is 0 Å². The molecule has 1 fully saturated rings. The lowest BCUT2D eigenvalue weighted by Gasteiger charge is -2.31. The van der Waals surface area contributed by atoms with E-state index in [1.807, 2.05) is 56.0 Å². The van der Waals surface area contributed by atoms with Crippen LogP contribution in [0, 0.1) is 0 Å². The largest absolute Gasteiger partial charge is 0.481 e. The Balaban J connectivity index is 1.19. The molecular weight excluding hydrogens is 540 g/mol. The first kappa shape index (κ1) is 27.0. The van der Waals surface area contributed by atoms with E-state index in [4.69, 9.17) is 27.2 Å². The van der Waals surface area contributed by atoms with Crippen LogP contribution in [0.1, 0.15) is 56.7 Å². The van der Waals surface area contributed by atoms with Crippen molar-refractivity contribution in [2.45, 2.75) is 57.2 Å². The normalized spacial score (nSPS) is 18.9. The number of nitrogens with one attached hydrogen (secondary N) is 1. The highest BCUT2D eigenvalue weighted by Crippen LogP contribution is 2.44. The summed E-state index contributed by atoms with van der Waals surface area (Å²) in [7, 11) is 0. The number of amides is 2. The molecule has 6 rings (SSSR count). The average molecular weight is 573 g/mol. The number of carbonyl (C=O) groups excluding carboxylic acids is 1. The molecule has 6 heterocycles. The van der Waals surface area contributed by atoms with Crippen LogP contribution in [0.2, 0.25) is 5.02 Å². The van der Waals surface area contributed by atoms with Crippen LogP contribution in [0.3, 0.4) is 0 Å². The monoisotopic (exact) mass is 572 g/mol. The summed E-state index contributed by atoms with van der Waals surface area (Å²) in [5, 5.41) is 8.59. The third-order valence-corrected chi connectivity index (χ3v) is 8.52. The minimum absolute atomic E-state index is 0.107. The van der Waals surface area contributed by atoms with Crippen LogP contribution >= 0.6 is 11.6 Å². The highest BCUT2D eigenvalue weighted by atomic mass is 35.5. The number of aryl methyl sites for hydroxylation is 1. The van der Waals surface area contributed by atoms with Gasteiger partial charge in [0.1, 0.15) is 6.10 Å². The lowest BCUT2D eigenvalue weighted by atomic mass is 9.82. The number of likely N-dealkylation sites (tertiary alicyclic amines) is 1. The second kappa shape index (κ2) is 10.3. The molecule has 2 amide bonds. The van der Waals surface area contributed by atoms with Gasteiger partial charge >= 0.3 is 6.03 Å². The van der Waals surface area contributed by atoms with Crippen molar-refractivity contribution >= 4 is 23.4 Å². The zero-order valence-corrected chi connectivity index (χ0v) is 24.1. The van der Waals surface area contributed by atoms with Crippen molar-refractivity contribution in [2.75, 3.05) is 18.8 Å². The van der Waals surface area contributed by atoms with Crippen molar-refractivity contribution in [3.63, 3.8) is 0 Å². The number of pyridine rings is 3. The molecule has 0 bridgehead atoms. The molecule has 0 radical (unpaired) electrons. The zero-order valence-electron chi connectivity index (χ0n) is 23.3. The molecule has 1 saturated heterocycles. The van der Waals surface area contributed by atoms with E-state index in [0.29, 0.717) is 29.7 Å². The molecule has 11 heteroatoms. The van der Waals surface area contributed by atoms with Crippen LogP contribution in [-0.4, -0.2) is 48.8 Å². The standard InChI is InChI=1S/C30H33ClN8O2/c1-19(23-6-4-5-10-34-23)41-25-14-20(16-35-27(25)32)24-15-26-30(9-13-39(26)37-24)8-12-38(18-30)28(40)36-29(2,3)21-7-11-33-17-22(21)31/h4-7,10-11,14-17,19H,8-9,12-13,18H2,1-3H3,(H2,32,35)(H,36,40)/t19-,30?/m1/s1. The maximum Gasteiger partial charge on any atom is 0.318 e. The summed E-state index contributed by atoms with van der Waals surface area (Å²) in [6.07, 6.45) is 8.26. The van der Waals surface area contributed by atoms with Crippen molar-refractivity contribution < 1.29 is 9.53 Å². The average Bonchev–Trinajstić information content (AvgIpc) is 3.67. The fraction of sp³-hybridized carbons (Fsp3) is 0.367. The number of hydrogen-bond acceptors (Lipinski definition) is 7. The van der Waals surface area contributed by atoms with Crippen molar-refractivity contribution in [1.82, 2.24) is 34.9 Å². The van der Waals surface area contributed by atoms with Gasteiger partial charge in [-0.15, -0.1) is 0 Å². The lowest BCUT2D eigenvalue weighted by Crippen LogP contribution is -2.48. The summed E-state index contributed by atoms with van der Waals surface area (Å²) >= 11 is 6.37. The SMILES string of the molecule is C[C@@H](Oc1cc(-c2cc3n(n2)CCC32CCN(C(=O)NC(C)(C)c3ccncc3Cl)C2)cnc1N)c1ccccn1. The maximum absolute atomic E-state index is 13.4. The molecule has 3 N–H and O–H groups in total. The summed E-state index contributed by atoms with van der Waals surface area (Å²) in [4.78, 5) is 28.1. The number of fused-ring (bicyclic) bond motifs is 2. The molecule has 1 unspecified atom stereocenters. The smallest absolute Gasteiger partial charge is 0.318 e. The fourth-order valence-electron chi connectivity index (χ4n) is 5.91. The van der Waals surface area contributed by atoms with Gasteiger partial charge in [-0.1, -0.05) is 17.7 Å². The molecule has 1 spiro atoms. The summed E-state index contributed by atoms with van der Waals surface area (Å²) in [5.74, 6) is 0.803. The summed E-state index contributed by atoms with van der Waals surface area (Å²) in [6, 6.07) is 11.4. The number of rotatable bonds is 6. The molecule has 2 aliphatic rings. The molecule has 2 atom stereocenters. The van der Waals surface area contributed by atoms with Crippen LogP contribution in [0.5, 0.6) is 5.75 Å². The van der Waals surface area contributed by atoms with E-state index in [1.165, 1.54) is 0 Å². The van der Waals surface area contributed by atoms with Crippen molar-refractivity contribution in [3.8, 4) is 17.0 Å². The Morgan fingerprint density at radius 2 is 1.98 bits per heavy atom. The van der Waals surface area contributed by atoms with E-state index in [1.54, 1.807) is 24.8 Å². The Kier molecular flexibility index (Phi) is 6.81. The van der Waals surface area contributed by atoms with E-state index < -0.39 is 5.54 Å². The third-order valence-electron chi connectivity index (χ3n) is 8.22. The molecule has 0 aliphatic carbocycles. The Morgan fingerprint density at radius 3 is 2.76 bits per heavy atom. The minimum atomic E-state index is -0.645. The number of nitrogen functional groups attached to an aromatic ring is 1. The molecular formula is C30H33ClN8O2. The number of nitrogens with two attached hydrogens (primary N) is 1. The van der Waals surface area contributed by atoms with E-state index >= 15 is 0 Å². The number of anilines is 1. The number of hydrogen-bond donors (Lipinski definition) is 2. The summed E-state index contributed by atoms with van der Waals surface area (Å²) in [5.41, 5.74) is 9.77. The van der Waals surface area contributed by atoms with Crippen LogP contribution in [0.15, 0.2) is 61.2 Å². The van der Waals surface area contributed by atoms with Gasteiger partial charge in [-0.3, -0.25) is 14.6 Å². The van der Waals surface area contributed by atoms with Gasteiger partial charge in [0.25, 0.3) is 0 Å². The molecule has 41 heavy (non-hydrogen) atoms. The topological polar surface area (TPSA) is 124 Å². The van der Waals surface area contributed by atoms with Crippen LogP contribution in [-0.2, 0) is 17.5 Å². The van der Waals surface area contributed by atoms with E-state index in [0.717, 1.165) is 47.6 Å². The Labute approximate surface area is 243 Å². The molecule has 212 valence electrons. The Hall–Kier alpha value is -4.18. The van der Waals surface area contributed by atoms with Crippen LogP contribution in [0.4, 0.5) is 10.6 Å². The predicted molar refractivity (Wildman–Crippen MR) is 156 cm³/mol. The number of nitrogens with zero attached hydrogens (tertiary/aromatic N) is 6. The Bertz CT molecular complexity index is 1590. The second-order valence-electron chi connectivity index (χ2n) is 11.4. The van der Waals surface area contributed by atoms with Gasteiger partial charge < -0.3 is 20.7 Å². The van der Waals surface area contributed by atoms with Gasteiger partial charge in [0, 0.05) is 61.1 Å². The van der Waals surface area contributed by atoms with Crippen LogP contribution in [0.25, 0.3) is 11.3 Å². The molecule has 2 aliphatic heterocycles. The number of carbonyl (C=O) groups is 1. The molecule has 4 aromatic rings. The summed E-state index contributed by atoms with van der Waals surface area (Å²) in [6.45, 7) is 7.91. The first-order valence-electron chi connectivity index (χ1n) is 13.7. The second-order valence-corrected chi connectivity index (χ2v) is 11.8. The van der Waals surface area contributed by atoms with E-state index in [9.17, 15) is 4.79 Å².